The molecule has 6 nitrogen and oxygen atoms in total. The fraction of sp³-hybridized carbons (Fsp3) is 0.300. The third-order valence-corrected chi connectivity index (χ3v) is 7.21. The van der Waals surface area contributed by atoms with Gasteiger partial charge in [-0.05, 0) is 30.3 Å². The molecule has 3 aromatic rings. The Morgan fingerprint density at radius 1 is 1.14 bits per heavy atom. The van der Waals surface area contributed by atoms with Crippen LogP contribution in [0.25, 0.3) is 10.2 Å². The average molecular weight is 419 g/mol. The summed E-state index contributed by atoms with van der Waals surface area (Å²) in [7, 11) is 0.668. The molecule has 28 heavy (non-hydrogen) atoms. The number of hydrogen-bond acceptors (Lipinski definition) is 5. The van der Waals surface area contributed by atoms with E-state index in [9.17, 15) is 13.2 Å². The summed E-state index contributed by atoms with van der Waals surface area (Å²) < 4.78 is 25.4. The highest BCUT2D eigenvalue weighted by atomic mass is 32.2. The number of hydrogen-bond donors (Lipinski definition) is 1. The van der Waals surface area contributed by atoms with Gasteiger partial charge in [-0.3, -0.25) is 9.69 Å². The van der Waals surface area contributed by atoms with E-state index < -0.39 is 9.84 Å². The van der Waals surface area contributed by atoms with E-state index in [0.717, 1.165) is 16.8 Å². The second kappa shape index (κ2) is 8.38. The molecule has 0 spiro atoms. The van der Waals surface area contributed by atoms with Crippen molar-refractivity contribution in [1.29, 1.82) is 0 Å². The summed E-state index contributed by atoms with van der Waals surface area (Å²) in [6, 6.07) is 14.0. The molecule has 1 amide bonds. The SMILES string of the molecule is CCS(=O)(=O)c1cccc(C(=O)N(CC[NH+](C)C)c2nc3ccccc3s2)c1. The minimum Gasteiger partial charge on any atom is -0.338 e. The van der Waals surface area contributed by atoms with Gasteiger partial charge < -0.3 is 4.90 Å². The third kappa shape index (κ3) is 4.40. The monoisotopic (exact) mass is 418 g/mol. The lowest BCUT2D eigenvalue weighted by atomic mass is 10.2. The maximum Gasteiger partial charge on any atom is 0.260 e. The number of likely N-dealkylation sites (N-methyl/N-ethyl adjacent to an activating group) is 1. The molecule has 2 aromatic carbocycles. The second-order valence-electron chi connectivity index (χ2n) is 6.81. The minimum absolute atomic E-state index is 0.00375. The lowest BCUT2D eigenvalue weighted by Crippen LogP contribution is -3.06. The van der Waals surface area contributed by atoms with Gasteiger partial charge in [-0.1, -0.05) is 36.5 Å². The zero-order chi connectivity index (χ0) is 20.3. The highest BCUT2D eigenvalue weighted by molar-refractivity contribution is 7.91. The smallest absolute Gasteiger partial charge is 0.260 e. The van der Waals surface area contributed by atoms with E-state index in [4.69, 9.17) is 0 Å². The molecule has 3 rings (SSSR count). The summed E-state index contributed by atoms with van der Waals surface area (Å²) in [5, 5.41) is 0.621. The van der Waals surface area contributed by atoms with E-state index in [1.54, 1.807) is 24.0 Å². The lowest BCUT2D eigenvalue weighted by molar-refractivity contribution is -0.856. The van der Waals surface area contributed by atoms with Crippen LogP contribution in [-0.4, -0.2) is 52.2 Å². The number of aromatic nitrogens is 1. The van der Waals surface area contributed by atoms with Gasteiger partial charge in [0.25, 0.3) is 5.91 Å². The first-order valence-corrected chi connectivity index (χ1v) is 11.6. The average Bonchev–Trinajstić information content (AvgIpc) is 3.11. The van der Waals surface area contributed by atoms with Gasteiger partial charge in [0.2, 0.25) is 0 Å². The molecule has 148 valence electrons. The number of thiazole rings is 1. The number of quaternary nitrogens is 1. The number of carbonyl (C=O) groups excluding carboxylic acids is 1. The summed E-state index contributed by atoms with van der Waals surface area (Å²) in [5.41, 5.74) is 1.20. The number of fused-ring (bicyclic) bond motifs is 1. The quantitative estimate of drug-likeness (QED) is 0.636. The van der Waals surface area contributed by atoms with Crippen molar-refractivity contribution in [1.82, 2.24) is 4.98 Å². The number of rotatable bonds is 7. The number of para-hydroxylation sites is 1. The largest absolute Gasteiger partial charge is 0.338 e. The molecule has 0 unspecified atom stereocenters. The summed E-state index contributed by atoms with van der Waals surface area (Å²) in [4.78, 5) is 20.9. The molecule has 0 bridgehead atoms. The first-order valence-electron chi connectivity index (χ1n) is 9.11. The standard InChI is InChI=1S/C20H23N3O3S2/c1-4-28(25,26)16-9-7-8-15(14-16)19(24)23(13-12-22(2)3)20-21-17-10-5-6-11-18(17)27-20/h5-11,14H,4,12-13H2,1-3H3/p+1. The van der Waals surface area contributed by atoms with E-state index in [1.165, 1.54) is 28.4 Å². The van der Waals surface area contributed by atoms with Crippen molar-refractivity contribution in [3.05, 3.63) is 54.1 Å². The molecule has 0 saturated heterocycles. The molecule has 1 N–H and O–H groups in total. The second-order valence-corrected chi connectivity index (χ2v) is 10.1. The number of nitrogens with zero attached hydrogens (tertiary/aromatic N) is 2. The van der Waals surface area contributed by atoms with Gasteiger partial charge in [0.1, 0.15) is 0 Å². The first kappa shape index (κ1) is 20.4. The molecular formula is C20H24N3O3S2+. The Labute approximate surface area is 169 Å². The maximum atomic E-state index is 13.3. The van der Waals surface area contributed by atoms with Crippen LogP contribution in [0, 0.1) is 0 Å². The van der Waals surface area contributed by atoms with Crippen molar-refractivity contribution in [2.24, 2.45) is 0 Å². The number of anilines is 1. The molecule has 1 heterocycles. The van der Waals surface area contributed by atoms with Crippen LogP contribution < -0.4 is 9.80 Å². The van der Waals surface area contributed by atoms with Crippen molar-refractivity contribution in [3.63, 3.8) is 0 Å². The summed E-state index contributed by atoms with van der Waals surface area (Å²) in [6.07, 6.45) is 0. The van der Waals surface area contributed by atoms with Crippen LogP contribution in [0.15, 0.2) is 53.4 Å². The predicted octanol–water partition coefficient (Wildman–Crippen LogP) is 1.88. The Hall–Kier alpha value is -2.29. The van der Waals surface area contributed by atoms with Gasteiger partial charge in [-0.2, -0.15) is 0 Å². The van der Waals surface area contributed by atoms with Gasteiger partial charge >= 0.3 is 0 Å². The van der Waals surface area contributed by atoms with Crippen LogP contribution >= 0.6 is 11.3 Å². The highest BCUT2D eigenvalue weighted by Crippen LogP contribution is 2.29. The Balaban J connectivity index is 2.00. The molecule has 8 heteroatoms. The van der Waals surface area contributed by atoms with E-state index in [1.807, 2.05) is 38.4 Å². The lowest BCUT2D eigenvalue weighted by Gasteiger charge is -2.21. The molecule has 1 aromatic heterocycles. The zero-order valence-corrected chi connectivity index (χ0v) is 17.8. The number of nitrogens with one attached hydrogen (secondary N) is 1. The van der Waals surface area contributed by atoms with Crippen LogP contribution in [0.4, 0.5) is 5.13 Å². The van der Waals surface area contributed by atoms with Crippen molar-refractivity contribution in [3.8, 4) is 0 Å². The maximum absolute atomic E-state index is 13.3. The van der Waals surface area contributed by atoms with E-state index >= 15 is 0 Å². The highest BCUT2D eigenvalue weighted by Gasteiger charge is 2.23. The Morgan fingerprint density at radius 3 is 2.57 bits per heavy atom. The summed E-state index contributed by atoms with van der Waals surface area (Å²) >= 11 is 1.46. The van der Waals surface area contributed by atoms with Crippen LogP contribution in [0.3, 0.4) is 0 Å². The van der Waals surface area contributed by atoms with Gasteiger partial charge in [-0.25, -0.2) is 13.4 Å². The van der Waals surface area contributed by atoms with Crippen LogP contribution in [0.1, 0.15) is 17.3 Å². The zero-order valence-electron chi connectivity index (χ0n) is 16.2. The van der Waals surface area contributed by atoms with Crippen molar-refractivity contribution >= 4 is 42.4 Å². The first-order chi connectivity index (χ1) is 13.3. The van der Waals surface area contributed by atoms with Gasteiger partial charge in [0, 0.05) is 5.56 Å². The Bertz CT molecular complexity index is 1060. The van der Waals surface area contributed by atoms with Gasteiger partial charge in [0.15, 0.2) is 15.0 Å². The molecule has 0 atom stereocenters. The predicted molar refractivity (Wildman–Crippen MR) is 113 cm³/mol. The van der Waals surface area contributed by atoms with Crippen LogP contribution in [0.5, 0.6) is 0 Å². The van der Waals surface area contributed by atoms with Crippen LogP contribution in [-0.2, 0) is 9.84 Å². The molecule has 0 fully saturated rings. The normalized spacial score (nSPS) is 11.9. The number of sulfone groups is 1. The molecule has 0 saturated carbocycles. The summed E-state index contributed by atoms with van der Waals surface area (Å²) in [5.74, 6) is -0.246. The fourth-order valence-corrected chi connectivity index (χ4v) is 4.66. The van der Waals surface area contributed by atoms with E-state index in [0.29, 0.717) is 17.2 Å². The van der Waals surface area contributed by atoms with Gasteiger partial charge in [0.05, 0.1) is 48.0 Å². The van der Waals surface area contributed by atoms with Crippen molar-refractivity contribution in [2.45, 2.75) is 11.8 Å². The fourth-order valence-electron chi connectivity index (χ4n) is 2.74. The van der Waals surface area contributed by atoms with Gasteiger partial charge in [-0.15, -0.1) is 0 Å². The molecule has 0 aliphatic rings. The van der Waals surface area contributed by atoms with Crippen molar-refractivity contribution < 1.29 is 18.1 Å². The number of amides is 1. The minimum atomic E-state index is -3.38. The Kier molecular flexibility index (Phi) is 6.12. The number of carbonyl (C=O) groups is 1. The van der Waals surface area contributed by atoms with Crippen LogP contribution in [0.2, 0.25) is 0 Å². The Morgan fingerprint density at radius 2 is 1.89 bits per heavy atom. The van der Waals surface area contributed by atoms with E-state index in [2.05, 4.69) is 4.98 Å². The topological polar surface area (TPSA) is 71.8 Å². The molecule has 0 aliphatic heterocycles. The molecule has 0 radical (unpaired) electrons. The third-order valence-electron chi connectivity index (χ3n) is 4.41. The molecule has 0 aliphatic carbocycles. The summed E-state index contributed by atoms with van der Waals surface area (Å²) in [6.45, 7) is 2.83. The number of benzene rings is 2. The van der Waals surface area contributed by atoms with Crippen molar-refractivity contribution in [2.75, 3.05) is 37.8 Å². The molecular weight excluding hydrogens is 394 g/mol. The van der Waals surface area contributed by atoms with E-state index in [-0.39, 0.29) is 16.6 Å².